The zero-order valence-electron chi connectivity index (χ0n) is 20.4. The lowest BCUT2D eigenvalue weighted by Gasteiger charge is -2.57. The number of nitrogens with zero attached hydrogens (tertiary/aromatic N) is 2. The lowest BCUT2D eigenvalue weighted by molar-refractivity contribution is -0.00647. The van der Waals surface area contributed by atoms with Crippen LogP contribution >= 0.6 is 0 Å². The van der Waals surface area contributed by atoms with Gasteiger partial charge in [0.15, 0.2) is 0 Å². The van der Waals surface area contributed by atoms with Crippen molar-refractivity contribution < 1.29 is 19.2 Å². The predicted molar refractivity (Wildman–Crippen MR) is 132 cm³/mol. The molecule has 4 saturated carbocycles. The fourth-order valence-electron chi connectivity index (χ4n) is 7.12. The van der Waals surface area contributed by atoms with Crippen LogP contribution in [-0.2, 0) is 5.41 Å². The quantitative estimate of drug-likeness (QED) is 0.417. The van der Waals surface area contributed by atoms with Gasteiger partial charge in [0, 0.05) is 16.7 Å². The number of carboxylic acids is 1. The Morgan fingerprint density at radius 3 is 2.26 bits per heavy atom. The van der Waals surface area contributed by atoms with E-state index in [0.717, 1.165) is 29.1 Å². The van der Waals surface area contributed by atoms with E-state index < -0.39 is 5.97 Å². The fourth-order valence-corrected chi connectivity index (χ4v) is 7.12. The maximum Gasteiger partial charge on any atom is 0.335 e. The molecular formula is C29H32N2O4. The molecule has 4 aliphatic rings. The Balaban J connectivity index is 1.35. The molecule has 1 heterocycles. The highest BCUT2D eigenvalue weighted by Gasteiger charge is 2.52. The monoisotopic (exact) mass is 472 g/mol. The minimum absolute atomic E-state index is 0.191. The fraction of sp³-hybridized carbons (Fsp3) is 0.483. The van der Waals surface area contributed by atoms with Gasteiger partial charge in [-0.1, -0.05) is 19.0 Å². The van der Waals surface area contributed by atoms with Gasteiger partial charge in [0.2, 0.25) is 5.82 Å². The van der Waals surface area contributed by atoms with Gasteiger partial charge >= 0.3 is 5.97 Å². The van der Waals surface area contributed by atoms with Gasteiger partial charge in [0.05, 0.1) is 12.2 Å². The molecule has 0 unspecified atom stereocenters. The second-order valence-corrected chi connectivity index (χ2v) is 11.4. The summed E-state index contributed by atoms with van der Waals surface area (Å²) < 4.78 is 11.9. The van der Waals surface area contributed by atoms with Crippen LogP contribution in [0.2, 0.25) is 0 Å². The summed E-state index contributed by atoms with van der Waals surface area (Å²) in [6.07, 6.45) is 7.97. The molecule has 7 rings (SSSR count). The summed E-state index contributed by atoms with van der Waals surface area (Å²) in [6.45, 7) is 5.07. The minimum Gasteiger partial charge on any atom is -0.493 e. The van der Waals surface area contributed by atoms with E-state index in [1.165, 1.54) is 44.1 Å². The molecule has 0 saturated heterocycles. The van der Waals surface area contributed by atoms with E-state index in [9.17, 15) is 4.79 Å². The molecule has 4 aliphatic carbocycles. The molecule has 0 atom stereocenters. The number of aromatic nitrogens is 2. The summed E-state index contributed by atoms with van der Waals surface area (Å²) in [5.74, 6) is 3.97. The minimum atomic E-state index is -0.959. The third-order valence-corrected chi connectivity index (χ3v) is 8.22. The zero-order chi connectivity index (χ0) is 24.2. The molecule has 4 fully saturated rings. The van der Waals surface area contributed by atoms with Crippen molar-refractivity contribution in [3.63, 3.8) is 0 Å². The highest BCUT2D eigenvalue weighted by Crippen LogP contribution is 2.62. The van der Waals surface area contributed by atoms with E-state index in [2.05, 4.69) is 36.1 Å². The van der Waals surface area contributed by atoms with Crippen molar-refractivity contribution in [3.05, 3.63) is 53.6 Å². The van der Waals surface area contributed by atoms with Crippen LogP contribution in [0, 0.1) is 23.7 Å². The van der Waals surface area contributed by atoms with Crippen LogP contribution in [0.15, 0.2) is 47.0 Å². The lowest BCUT2D eigenvalue weighted by Crippen LogP contribution is -2.48. The molecule has 0 radical (unpaired) electrons. The highest BCUT2D eigenvalue weighted by atomic mass is 16.5. The van der Waals surface area contributed by atoms with Gasteiger partial charge in [0.25, 0.3) is 5.89 Å². The molecule has 4 bridgehead atoms. The first-order valence-corrected chi connectivity index (χ1v) is 12.8. The Morgan fingerprint density at radius 2 is 1.66 bits per heavy atom. The number of carbonyl (C=O) groups is 1. The highest BCUT2D eigenvalue weighted by molar-refractivity contribution is 5.88. The van der Waals surface area contributed by atoms with E-state index >= 15 is 0 Å². The number of carboxylic acid groups (broad SMARTS) is 1. The van der Waals surface area contributed by atoms with Gasteiger partial charge < -0.3 is 14.4 Å². The Labute approximate surface area is 205 Å². The summed E-state index contributed by atoms with van der Waals surface area (Å²) in [7, 11) is 0. The second kappa shape index (κ2) is 8.51. The molecule has 3 aromatic rings. The normalized spacial score (nSPS) is 26.9. The number of hydrogen-bond acceptors (Lipinski definition) is 5. The summed E-state index contributed by atoms with van der Waals surface area (Å²) in [6, 6.07) is 12.9. The number of rotatable bonds is 7. The van der Waals surface area contributed by atoms with E-state index in [1.54, 1.807) is 24.3 Å². The smallest absolute Gasteiger partial charge is 0.335 e. The molecule has 0 aliphatic heterocycles. The van der Waals surface area contributed by atoms with E-state index in [-0.39, 0.29) is 11.0 Å². The molecule has 1 N–H and O–H groups in total. The summed E-state index contributed by atoms with van der Waals surface area (Å²) in [5.41, 5.74) is 3.38. The maximum atomic E-state index is 11.1. The van der Waals surface area contributed by atoms with Crippen LogP contribution in [0.25, 0.3) is 22.8 Å². The SMILES string of the molecule is CC(C)COc1ccc(-c2noc(-c3ccc(C(=O)O)cc3)n2)cc1C12CC3CC(CC(C3)C1)C2. The van der Waals surface area contributed by atoms with Crippen molar-refractivity contribution in [2.75, 3.05) is 6.61 Å². The lowest BCUT2D eigenvalue weighted by atomic mass is 9.48. The average molecular weight is 473 g/mol. The van der Waals surface area contributed by atoms with Crippen molar-refractivity contribution in [3.8, 4) is 28.6 Å². The van der Waals surface area contributed by atoms with Gasteiger partial charge in [-0.05, 0) is 110 Å². The Morgan fingerprint density at radius 1 is 1.03 bits per heavy atom. The molecular weight excluding hydrogens is 440 g/mol. The molecule has 182 valence electrons. The predicted octanol–water partition coefficient (Wildman–Crippen LogP) is 6.60. The Hall–Kier alpha value is -3.15. The average Bonchev–Trinajstić information content (AvgIpc) is 3.32. The zero-order valence-corrected chi connectivity index (χ0v) is 20.4. The number of aromatic carboxylic acids is 1. The number of benzene rings is 2. The molecule has 0 amide bonds. The first-order chi connectivity index (χ1) is 16.9. The van der Waals surface area contributed by atoms with Crippen molar-refractivity contribution >= 4 is 5.97 Å². The van der Waals surface area contributed by atoms with Gasteiger partial charge in [-0.25, -0.2) is 4.79 Å². The van der Waals surface area contributed by atoms with E-state index in [1.807, 2.05) is 6.07 Å². The van der Waals surface area contributed by atoms with Gasteiger partial charge in [-0.3, -0.25) is 0 Å². The van der Waals surface area contributed by atoms with Crippen LogP contribution in [0.5, 0.6) is 5.75 Å². The summed E-state index contributed by atoms with van der Waals surface area (Å²) >= 11 is 0. The number of hydrogen-bond donors (Lipinski definition) is 1. The first kappa shape index (κ1) is 22.3. The third-order valence-electron chi connectivity index (χ3n) is 8.22. The Kier molecular flexibility index (Phi) is 5.42. The summed E-state index contributed by atoms with van der Waals surface area (Å²) in [4.78, 5) is 15.8. The maximum absolute atomic E-state index is 11.1. The van der Waals surface area contributed by atoms with Crippen LogP contribution in [0.1, 0.15) is 68.3 Å². The summed E-state index contributed by atoms with van der Waals surface area (Å²) in [5, 5.41) is 13.4. The van der Waals surface area contributed by atoms with Crippen molar-refractivity contribution in [1.29, 1.82) is 0 Å². The molecule has 1 aromatic heterocycles. The van der Waals surface area contributed by atoms with E-state index in [0.29, 0.717) is 29.8 Å². The van der Waals surface area contributed by atoms with Crippen molar-refractivity contribution in [2.45, 2.75) is 57.8 Å². The second-order valence-electron chi connectivity index (χ2n) is 11.4. The van der Waals surface area contributed by atoms with Crippen LogP contribution in [0.4, 0.5) is 0 Å². The molecule has 35 heavy (non-hydrogen) atoms. The van der Waals surface area contributed by atoms with E-state index in [4.69, 9.17) is 14.4 Å². The number of ether oxygens (including phenoxy) is 1. The Bertz CT molecular complexity index is 1210. The standard InChI is InChI=1S/C29H32N2O4/c1-17(2)16-34-25-8-7-23(12-24(25)29-13-18-9-19(14-29)11-20(10-18)15-29)26-30-27(35-31-26)21-3-5-22(6-4-21)28(32)33/h3-8,12,17-20H,9-11,13-16H2,1-2H3,(H,32,33). The van der Waals surface area contributed by atoms with Crippen LogP contribution in [0.3, 0.4) is 0 Å². The van der Waals surface area contributed by atoms with Gasteiger partial charge in [-0.2, -0.15) is 4.98 Å². The molecule has 2 aromatic carbocycles. The topological polar surface area (TPSA) is 85.5 Å². The van der Waals surface area contributed by atoms with Crippen molar-refractivity contribution in [2.24, 2.45) is 23.7 Å². The third kappa shape index (κ3) is 4.13. The molecule has 6 nitrogen and oxygen atoms in total. The van der Waals surface area contributed by atoms with Crippen LogP contribution in [-0.4, -0.2) is 27.8 Å². The largest absolute Gasteiger partial charge is 0.493 e. The van der Waals surface area contributed by atoms with Gasteiger partial charge in [0.1, 0.15) is 5.75 Å². The first-order valence-electron chi connectivity index (χ1n) is 12.8. The molecule has 6 heteroatoms. The van der Waals surface area contributed by atoms with Crippen LogP contribution < -0.4 is 4.74 Å². The molecule has 0 spiro atoms. The van der Waals surface area contributed by atoms with Gasteiger partial charge in [-0.15, -0.1) is 0 Å². The van der Waals surface area contributed by atoms with Crippen molar-refractivity contribution in [1.82, 2.24) is 10.1 Å².